The minimum absolute atomic E-state index is 0.212. The fourth-order valence-electron chi connectivity index (χ4n) is 3.31. The number of aromatic hydroxyl groups is 1. The second-order valence-corrected chi connectivity index (χ2v) is 5.72. The Balaban J connectivity index is 1.55. The van der Waals surface area contributed by atoms with Crippen molar-refractivity contribution in [2.45, 2.75) is 44.6 Å². The molecule has 1 aliphatic heterocycles. The van der Waals surface area contributed by atoms with E-state index in [2.05, 4.69) is 5.10 Å². The van der Waals surface area contributed by atoms with E-state index >= 15 is 0 Å². The first-order valence-electron chi connectivity index (χ1n) is 7.26. The number of likely N-dealkylation sites (tertiary alicyclic amines) is 1. The van der Waals surface area contributed by atoms with Crippen molar-refractivity contribution in [3.63, 3.8) is 0 Å². The summed E-state index contributed by atoms with van der Waals surface area (Å²) in [5, 5.41) is 13.5. The Morgan fingerprint density at radius 3 is 2.47 bits per heavy atom. The van der Waals surface area contributed by atoms with Crippen LogP contribution in [-0.2, 0) is 4.79 Å². The molecule has 1 aromatic heterocycles. The SMILES string of the molecule is O=C(C1CCCC1)N1CCC(n2cc(O)cn2)CC1. The van der Waals surface area contributed by atoms with Crippen LogP contribution in [0.1, 0.15) is 44.6 Å². The van der Waals surface area contributed by atoms with Gasteiger partial charge in [0.15, 0.2) is 5.75 Å². The predicted molar refractivity (Wildman–Crippen MR) is 70.7 cm³/mol. The number of carbonyl (C=O) groups is 1. The molecule has 1 aliphatic carbocycles. The van der Waals surface area contributed by atoms with Crippen LogP contribution in [0.3, 0.4) is 0 Å². The second-order valence-electron chi connectivity index (χ2n) is 5.72. The van der Waals surface area contributed by atoms with E-state index in [0.717, 1.165) is 38.8 Å². The number of nitrogens with zero attached hydrogens (tertiary/aromatic N) is 3. The summed E-state index contributed by atoms with van der Waals surface area (Å²) in [7, 11) is 0. The molecule has 2 aliphatic rings. The van der Waals surface area contributed by atoms with Crippen LogP contribution in [0, 0.1) is 5.92 Å². The van der Waals surface area contributed by atoms with Crippen molar-refractivity contribution in [1.29, 1.82) is 0 Å². The minimum atomic E-state index is 0.212. The van der Waals surface area contributed by atoms with E-state index in [1.807, 2.05) is 9.58 Å². The Morgan fingerprint density at radius 2 is 1.89 bits per heavy atom. The molecule has 1 aromatic rings. The first-order valence-corrected chi connectivity index (χ1v) is 7.26. The van der Waals surface area contributed by atoms with E-state index in [1.165, 1.54) is 19.0 Å². The average Bonchev–Trinajstić information content (AvgIpc) is 3.09. The highest BCUT2D eigenvalue weighted by molar-refractivity contribution is 5.79. The molecule has 0 atom stereocenters. The lowest BCUT2D eigenvalue weighted by atomic mass is 10.0. The summed E-state index contributed by atoms with van der Waals surface area (Å²) in [5.41, 5.74) is 0. The van der Waals surface area contributed by atoms with Gasteiger partial charge in [0.05, 0.1) is 18.4 Å². The lowest BCUT2D eigenvalue weighted by molar-refractivity contribution is -0.136. The summed E-state index contributed by atoms with van der Waals surface area (Å²) in [6.07, 6.45) is 9.56. The first kappa shape index (κ1) is 12.5. The molecule has 1 saturated heterocycles. The van der Waals surface area contributed by atoms with E-state index in [4.69, 9.17) is 0 Å². The van der Waals surface area contributed by atoms with Crippen molar-refractivity contribution in [3.05, 3.63) is 12.4 Å². The number of carbonyl (C=O) groups excluding carboxylic acids is 1. The number of aromatic nitrogens is 2. The lowest BCUT2D eigenvalue weighted by Crippen LogP contribution is -2.41. The molecule has 5 heteroatoms. The highest BCUT2D eigenvalue weighted by atomic mass is 16.3. The second kappa shape index (κ2) is 5.23. The topological polar surface area (TPSA) is 58.4 Å². The number of amides is 1. The Bertz CT molecular complexity index is 443. The molecule has 1 amide bonds. The molecule has 5 nitrogen and oxygen atoms in total. The maximum atomic E-state index is 12.3. The molecule has 0 aromatic carbocycles. The summed E-state index contributed by atoms with van der Waals surface area (Å²) in [6.45, 7) is 1.64. The largest absolute Gasteiger partial charge is 0.505 e. The van der Waals surface area contributed by atoms with Gasteiger partial charge in [-0.25, -0.2) is 0 Å². The minimum Gasteiger partial charge on any atom is -0.505 e. The van der Waals surface area contributed by atoms with Gasteiger partial charge < -0.3 is 10.0 Å². The molecule has 0 radical (unpaired) electrons. The van der Waals surface area contributed by atoms with Gasteiger partial charge in [0.2, 0.25) is 5.91 Å². The van der Waals surface area contributed by atoms with Crippen molar-refractivity contribution >= 4 is 5.91 Å². The van der Waals surface area contributed by atoms with Crippen molar-refractivity contribution < 1.29 is 9.90 Å². The zero-order chi connectivity index (χ0) is 13.2. The van der Waals surface area contributed by atoms with Crippen LogP contribution >= 0.6 is 0 Å². The highest BCUT2D eigenvalue weighted by Crippen LogP contribution is 2.29. The Hall–Kier alpha value is -1.52. The molecule has 19 heavy (non-hydrogen) atoms. The summed E-state index contributed by atoms with van der Waals surface area (Å²) in [4.78, 5) is 14.3. The lowest BCUT2D eigenvalue weighted by Gasteiger charge is -2.33. The van der Waals surface area contributed by atoms with Crippen LogP contribution in [0.2, 0.25) is 0 Å². The average molecular weight is 263 g/mol. The molecule has 104 valence electrons. The number of piperidine rings is 1. The van der Waals surface area contributed by atoms with E-state index in [1.54, 1.807) is 6.20 Å². The highest BCUT2D eigenvalue weighted by Gasteiger charge is 2.30. The first-order chi connectivity index (χ1) is 9.24. The summed E-state index contributed by atoms with van der Waals surface area (Å²) < 4.78 is 1.83. The molecule has 0 bridgehead atoms. The zero-order valence-electron chi connectivity index (χ0n) is 11.2. The van der Waals surface area contributed by atoms with E-state index in [0.29, 0.717) is 11.9 Å². The van der Waals surface area contributed by atoms with Crippen LogP contribution in [0.4, 0.5) is 0 Å². The van der Waals surface area contributed by atoms with Gasteiger partial charge in [-0.15, -0.1) is 0 Å². The summed E-state index contributed by atoms with van der Waals surface area (Å²) in [6, 6.07) is 0.313. The number of hydrogen-bond acceptors (Lipinski definition) is 3. The molecule has 0 spiro atoms. The van der Waals surface area contributed by atoms with Crippen molar-refractivity contribution in [2.24, 2.45) is 5.92 Å². The molecule has 1 saturated carbocycles. The van der Waals surface area contributed by atoms with Gasteiger partial charge in [-0.2, -0.15) is 5.10 Å². The van der Waals surface area contributed by atoms with E-state index in [-0.39, 0.29) is 11.7 Å². The van der Waals surface area contributed by atoms with Crippen molar-refractivity contribution in [1.82, 2.24) is 14.7 Å². The van der Waals surface area contributed by atoms with E-state index in [9.17, 15) is 9.90 Å². The van der Waals surface area contributed by atoms with Crippen LogP contribution < -0.4 is 0 Å². The van der Waals surface area contributed by atoms with Gasteiger partial charge in [0, 0.05) is 19.0 Å². The smallest absolute Gasteiger partial charge is 0.225 e. The molecular formula is C14H21N3O2. The summed E-state index contributed by atoms with van der Waals surface area (Å²) in [5.74, 6) is 0.856. The third kappa shape index (κ3) is 2.60. The molecule has 0 unspecified atom stereocenters. The Labute approximate surface area is 113 Å². The predicted octanol–water partition coefficient (Wildman–Crippen LogP) is 1.94. The van der Waals surface area contributed by atoms with Crippen molar-refractivity contribution in [2.75, 3.05) is 13.1 Å². The van der Waals surface area contributed by atoms with Crippen LogP contribution in [0.15, 0.2) is 12.4 Å². The van der Waals surface area contributed by atoms with Gasteiger partial charge in [-0.05, 0) is 25.7 Å². The van der Waals surface area contributed by atoms with Crippen LogP contribution in [0.25, 0.3) is 0 Å². The van der Waals surface area contributed by atoms with Gasteiger partial charge in [0.25, 0.3) is 0 Å². The molecular weight excluding hydrogens is 242 g/mol. The molecule has 2 heterocycles. The zero-order valence-corrected chi connectivity index (χ0v) is 11.2. The fourth-order valence-corrected chi connectivity index (χ4v) is 3.31. The third-order valence-corrected chi connectivity index (χ3v) is 4.44. The molecule has 1 N–H and O–H groups in total. The van der Waals surface area contributed by atoms with Gasteiger partial charge in [-0.3, -0.25) is 9.48 Å². The monoisotopic (exact) mass is 263 g/mol. The maximum absolute atomic E-state index is 12.3. The normalized spacial score (nSPS) is 22.0. The third-order valence-electron chi connectivity index (χ3n) is 4.44. The maximum Gasteiger partial charge on any atom is 0.225 e. The number of hydrogen-bond donors (Lipinski definition) is 1. The molecule has 3 rings (SSSR count). The summed E-state index contributed by atoms with van der Waals surface area (Å²) >= 11 is 0. The molecule has 2 fully saturated rings. The van der Waals surface area contributed by atoms with Crippen LogP contribution in [0.5, 0.6) is 5.75 Å². The van der Waals surface area contributed by atoms with Crippen molar-refractivity contribution in [3.8, 4) is 5.75 Å². The quantitative estimate of drug-likeness (QED) is 0.887. The standard InChI is InChI=1S/C14H21N3O2/c18-13-9-15-17(10-13)12-5-7-16(8-6-12)14(19)11-3-1-2-4-11/h9-12,18H,1-8H2. The Kier molecular flexibility index (Phi) is 3.44. The fraction of sp³-hybridized carbons (Fsp3) is 0.714. The van der Waals surface area contributed by atoms with Gasteiger partial charge >= 0.3 is 0 Å². The van der Waals surface area contributed by atoms with Gasteiger partial charge in [0.1, 0.15) is 0 Å². The van der Waals surface area contributed by atoms with Crippen LogP contribution in [-0.4, -0.2) is 38.8 Å². The number of rotatable bonds is 2. The Morgan fingerprint density at radius 1 is 1.21 bits per heavy atom. The van der Waals surface area contributed by atoms with Gasteiger partial charge in [-0.1, -0.05) is 12.8 Å². The van der Waals surface area contributed by atoms with E-state index < -0.39 is 0 Å².